The van der Waals surface area contributed by atoms with E-state index in [4.69, 9.17) is 0 Å². The molecule has 0 saturated carbocycles. The summed E-state index contributed by atoms with van der Waals surface area (Å²) >= 11 is 1.66. The van der Waals surface area contributed by atoms with Gasteiger partial charge in [0.1, 0.15) is 0 Å². The zero-order valence-electron chi connectivity index (χ0n) is 10.3. The number of rotatable bonds is 3. The first-order chi connectivity index (χ1) is 8.66. The molecule has 18 heavy (non-hydrogen) atoms. The van der Waals surface area contributed by atoms with Gasteiger partial charge in [-0.1, -0.05) is 17.7 Å². The predicted molar refractivity (Wildman–Crippen MR) is 75.3 cm³/mol. The maximum absolute atomic E-state index is 11.8. The van der Waals surface area contributed by atoms with E-state index in [-0.39, 0.29) is 5.91 Å². The van der Waals surface area contributed by atoms with Crippen LogP contribution in [-0.4, -0.2) is 12.1 Å². The highest BCUT2D eigenvalue weighted by Crippen LogP contribution is 2.12. The minimum Gasteiger partial charge on any atom is -0.267 e. The van der Waals surface area contributed by atoms with Gasteiger partial charge in [-0.05, 0) is 37.4 Å². The summed E-state index contributed by atoms with van der Waals surface area (Å²) in [5.74, 6) is -0.192. The van der Waals surface area contributed by atoms with Crippen LogP contribution in [0.2, 0.25) is 0 Å². The first-order valence-electron chi connectivity index (χ1n) is 5.61. The summed E-state index contributed by atoms with van der Waals surface area (Å²) in [6.07, 6.45) is 1.67. The van der Waals surface area contributed by atoms with E-state index in [0.717, 1.165) is 11.1 Å². The van der Waals surface area contributed by atoms with Crippen LogP contribution in [0, 0.1) is 13.8 Å². The second kappa shape index (κ2) is 5.60. The van der Waals surface area contributed by atoms with Gasteiger partial charge in [0.25, 0.3) is 5.91 Å². The Hall–Kier alpha value is -1.94. The topological polar surface area (TPSA) is 41.5 Å². The average Bonchev–Trinajstić information content (AvgIpc) is 2.75. The highest BCUT2D eigenvalue weighted by Gasteiger charge is 2.03. The minimum atomic E-state index is -0.192. The molecule has 0 aliphatic rings. The number of aryl methyl sites for hydroxylation is 2. The molecule has 1 heterocycles. The zero-order chi connectivity index (χ0) is 13.0. The zero-order valence-corrected chi connectivity index (χ0v) is 11.1. The van der Waals surface area contributed by atoms with E-state index in [1.807, 2.05) is 43.5 Å². The number of hydrazone groups is 1. The van der Waals surface area contributed by atoms with Crippen LogP contribution in [0.25, 0.3) is 0 Å². The molecule has 0 aliphatic carbocycles. The van der Waals surface area contributed by atoms with E-state index in [1.54, 1.807) is 23.6 Å². The molecule has 1 aromatic heterocycles. The SMILES string of the molecule is Cc1cccc(C(=O)NN=Cc2ccsc2C)c1. The van der Waals surface area contributed by atoms with Crippen LogP contribution >= 0.6 is 11.3 Å². The lowest BCUT2D eigenvalue weighted by Gasteiger charge is -2.00. The normalized spacial score (nSPS) is 10.8. The molecule has 1 N–H and O–H groups in total. The maximum atomic E-state index is 11.8. The largest absolute Gasteiger partial charge is 0.271 e. The summed E-state index contributed by atoms with van der Waals surface area (Å²) < 4.78 is 0. The molecular formula is C14H14N2OS. The summed E-state index contributed by atoms with van der Waals surface area (Å²) in [5.41, 5.74) is 5.23. The Morgan fingerprint density at radius 1 is 1.33 bits per heavy atom. The number of hydrogen-bond acceptors (Lipinski definition) is 3. The molecule has 0 radical (unpaired) electrons. The Kier molecular flexibility index (Phi) is 3.89. The molecule has 0 fully saturated rings. The number of benzene rings is 1. The lowest BCUT2D eigenvalue weighted by Crippen LogP contribution is -2.17. The van der Waals surface area contributed by atoms with Crippen LogP contribution in [0.1, 0.15) is 26.4 Å². The lowest BCUT2D eigenvalue weighted by atomic mass is 10.1. The van der Waals surface area contributed by atoms with Crippen molar-refractivity contribution < 1.29 is 4.79 Å². The quantitative estimate of drug-likeness (QED) is 0.667. The third kappa shape index (κ3) is 3.05. The molecule has 92 valence electrons. The fourth-order valence-corrected chi connectivity index (χ4v) is 2.22. The fourth-order valence-electron chi connectivity index (χ4n) is 1.54. The van der Waals surface area contributed by atoms with Crippen LogP contribution in [0.4, 0.5) is 0 Å². The molecule has 2 aromatic rings. The van der Waals surface area contributed by atoms with Gasteiger partial charge >= 0.3 is 0 Å². The predicted octanol–water partition coefficient (Wildman–Crippen LogP) is 3.13. The molecule has 1 amide bonds. The molecule has 0 spiro atoms. The van der Waals surface area contributed by atoms with Gasteiger partial charge in [0.2, 0.25) is 0 Å². The van der Waals surface area contributed by atoms with Crippen molar-refractivity contribution in [1.82, 2.24) is 5.43 Å². The Morgan fingerprint density at radius 3 is 2.83 bits per heavy atom. The van der Waals surface area contributed by atoms with Crippen LogP contribution in [0.3, 0.4) is 0 Å². The molecule has 3 nitrogen and oxygen atoms in total. The van der Waals surface area contributed by atoms with Gasteiger partial charge in [0.05, 0.1) is 6.21 Å². The van der Waals surface area contributed by atoms with E-state index < -0.39 is 0 Å². The summed E-state index contributed by atoms with van der Waals surface area (Å²) in [6, 6.07) is 9.39. The van der Waals surface area contributed by atoms with Gasteiger partial charge in [-0.2, -0.15) is 5.10 Å². The van der Waals surface area contributed by atoms with Gasteiger partial charge in [0, 0.05) is 16.0 Å². The molecule has 0 aliphatic heterocycles. The Morgan fingerprint density at radius 2 is 2.17 bits per heavy atom. The Balaban J connectivity index is 2.01. The number of nitrogens with zero attached hydrogens (tertiary/aromatic N) is 1. The number of hydrogen-bond donors (Lipinski definition) is 1. The van der Waals surface area contributed by atoms with Crippen molar-refractivity contribution in [2.24, 2.45) is 5.10 Å². The van der Waals surface area contributed by atoms with E-state index in [0.29, 0.717) is 5.56 Å². The fraction of sp³-hybridized carbons (Fsp3) is 0.143. The van der Waals surface area contributed by atoms with E-state index in [9.17, 15) is 4.79 Å². The molecule has 0 atom stereocenters. The molecule has 0 unspecified atom stereocenters. The molecule has 4 heteroatoms. The first kappa shape index (κ1) is 12.5. The van der Waals surface area contributed by atoms with Gasteiger partial charge in [-0.15, -0.1) is 11.3 Å². The van der Waals surface area contributed by atoms with Crippen LogP contribution in [-0.2, 0) is 0 Å². The number of thiophene rings is 1. The van der Waals surface area contributed by atoms with Gasteiger partial charge < -0.3 is 0 Å². The van der Waals surface area contributed by atoms with Gasteiger partial charge in [0.15, 0.2) is 0 Å². The molecule has 2 rings (SSSR count). The summed E-state index contributed by atoms with van der Waals surface area (Å²) in [7, 11) is 0. The monoisotopic (exact) mass is 258 g/mol. The van der Waals surface area contributed by atoms with Crippen molar-refractivity contribution >= 4 is 23.5 Å². The molecule has 0 saturated heterocycles. The van der Waals surface area contributed by atoms with Crippen molar-refractivity contribution in [3.05, 3.63) is 57.3 Å². The van der Waals surface area contributed by atoms with Crippen molar-refractivity contribution in [3.63, 3.8) is 0 Å². The van der Waals surface area contributed by atoms with Gasteiger partial charge in [-0.25, -0.2) is 5.43 Å². The summed E-state index contributed by atoms with van der Waals surface area (Å²) in [6.45, 7) is 3.98. The van der Waals surface area contributed by atoms with Crippen LogP contribution < -0.4 is 5.43 Å². The van der Waals surface area contributed by atoms with E-state index in [1.165, 1.54) is 4.88 Å². The molecule has 1 aromatic carbocycles. The van der Waals surface area contributed by atoms with Crippen LogP contribution in [0.15, 0.2) is 40.8 Å². The van der Waals surface area contributed by atoms with Crippen molar-refractivity contribution in [3.8, 4) is 0 Å². The molecular weight excluding hydrogens is 244 g/mol. The summed E-state index contributed by atoms with van der Waals surface area (Å²) in [5, 5.41) is 5.96. The first-order valence-corrected chi connectivity index (χ1v) is 6.49. The van der Waals surface area contributed by atoms with Crippen molar-refractivity contribution in [1.29, 1.82) is 0 Å². The van der Waals surface area contributed by atoms with E-state index in [2.05, 4.69) is 10.5 Å². The lowest BCUT2D eigenvalue weighted by molar-refractivity contribution is 0.0955. The molecule has 0 bridgehead atoms. The average molecular weight is 258 g/mol. The maximum Gasteiger partial charge on any atom is 0.271 e. The second-order valence-corrected chi connectivity index (χ2v) is 5.12. The Labute approximate surface area is 110 Å². The Bertz CT molecular complexity index is 587. The standard InChI is InChI=1S/C14H14N2OS/c1-10-4-3-5-12(8-10)14(17)16-15-9-13-6-7-18-11(13)2/h3-9H,1-2H3,(H,16,17). The smallest absolute Gasteiger partial charge is 0.267 e. The van der Waals surface area contributed by atoms with Crippen LogP contribution in [0.5, 0.6) is 0 Å². The van der Waals surface area contributed by atoms with Crippen molar-refractivity contribution in [2.75, 3.05) is 0 Å². The van der Waals surface area contributed by atoms with Crippen molar-refractivity contribution in [2.45, 2.75) is 13.8 Å². The number of amides is 1. The number of carbonyl (C=O) groups is 1. The summed E-state index contributed by atoms with van der Waals surface area (Å²) in [4.78, 5) is 13.0. The van der Waals surface area contributed by atoms with E-state index >= 15 is 0 Å². The number of carbonyl (C=O) groups excluding carboxylic acids is 1. The third-order valence-electron chi connectivity index (χ3n) is 2.55. The number of nitrogens with one attached hydrogen (secondary N) is 1. The highest BCUT2D eigenvalue weighted by molar-refractivity contribution is 7.10. The third-order valence-corrected chi connectivity index (χ3v) is 3.41. The minimum absolute atomic E-state index is 0.192. The second-order valence-electron chi connectivity index (χ2n) is 4.00. The highest BCUT2D eigenvalue weighted by atomic mass is 32.1. The van der Waals surface area contributed by atoms with Gasteiger partial charge in [-0.3, -0.25) is 4.79 Å².